The molecule has 0 unspecified atom stereocenters. The minimum atomic E-state index is -0.264. The molecule has 2 aromatic carbocycles. The Labute approximate surface area is 228 Å². The molecular weight excluding hydrogens is 497 g/mol. The summed E-state index contributed by atoms with van der Waals surface area (Å²) in [5, 5.41) is 5.47. The summed E-state index contributed by atoms with van der Waals surface area (Å²) in [6.07, 6.45) is 2.87. The molecule has 0 bridgehead atoms. The molecule has 1 amide bonds. The number of benzene rings is 2. The van der Waals surface area contributed by atoms with Crippen molar-refractivity contribution in [1.82, 2.24) is 14.7 Å². The van der Waals surface area contributed by atoms with E-state index >= 15 is 0 Å². The summed E-state index contributed by atoms with van der Waals surface area (Å²) >= 11 is 0. The number of aromatic amines is 1. The Hall–Kier alpha value is -3.98. The van der Waals surface area contributed by atoms with Crippen molar-refractivity contribution < 1.29 is 23.6 Å². The van der Waals surface area contributed by atoms with Gasteiger partial charge in [-0.25, -0.2) is 9.37 Å². The first-order valence-electron chi connectivity index (χ1n) is 13.4. The molecule has 1 fully saturated rings. The van der Waals surface area contributed by atoms with Crippen molar-refractivity contribution >= 4 is 22.6 Å². The van der Waals surface area contributed by atoms with Gasteiger partial charge in [-0.3, -0.25) is 14.4 Å². The van der Waals surface area contributed by atoms with Crippen molar-refractivity contribution in [3.8, 4) is 5.75 Å². The van der Waals surface area contributed by atoms with Crippen LogP contribution in [0.5, 0.6) is 5.75 Å². The van der Waals surface area contributed by atoms with E-state index in [1.807, 2.05) is 47.0 Å². The van der Waals surface area contributed by atoms with Crippen molar-refractivity contribution in [2.45, 2.75) is 32.9 Å². The SMILES string of the molecule is COc1ccc2cc(CN(CCc3ccc(F)cc3)C(=O)CCn3ccc(C)n3)c(N3CCOCC3)[nH+]c2c1. The molecule has 4 aromatic rings. The molecule has 2 aromatic heterocycles. The van der Waals surface area contributed by atoms with Crippen LogP contribution in [-0.2, 0) is 29.0 Å². The summed E-state index contributed by atoms with van der Waals surface area (Å²) in [4.78, 5) is 21.4. The van der Waals surface area contributed by atoms with Gasteiger partial charge in [0.05, 0.1) is 38.1 Å². The summed E-state index contributed by atoms with van der Waals surface area (Å²) in [5.74, 6) is 1.55. The zero-order chi connectivity index (χ0) is 27.2. The number of carbonyl (C=O) groups is 1. The third-order valence-corrected chi connectivity index (χ3v) is 7.10. The highest BCUT2D eigenvalue weighted by Gasteiger charge is 2.26. The van der Waals surface area contributed by atoms with Crippen LogP contribution in [0.4, 0.5) is 10.2 Å². The quantitative estimate of drug-likeness (QED) is 0.311. The van der Waals surface area contributed by atoms with E-state index in [0.717, 1.165) is 52.4 Å². The normalized spacial score (nSPS) is 13.6. The number of hydrogen-bond acceptors (Lipinski definition) is 5. The number of hydrogen-bond donors (Lipinski definition) is 0. The van der Waals surface area contributed by atoms with Gasteiger partial charge in [-0.2, -0.15) is 5.10 Å². The van der Waals surface area contributed by atoms with Crippen LogP contribution in [0, 0.1) is 12.7 Å². The molecule has 5 rings (SSSR count). The van der Waals surface area contributed by atoms with Gasteiger partial charge in [0.2, 0.25) is 5.91 Å². The van der Waals surface area contributed by atoms with E-state index < -0.39 is 0 Å². The Balaban J connectivity index is 1.44. The van der Waals surface area contributed by atoms with Crippen LogP contribution in [0.15, 0.2) is 60.8 Å². The predicted octanol–water partition coefficient (Wildman–Crippen LogP) is 3.80. The molecule has 0 radical (unpaired) electrons. The van der Waals surface area contributed by atoms with E-state index in [1.54, 1.807) is 19.2 Å². The number of methoxy groups -OCH3 is 1. The first-order valence-corrected chi connectivity index (χ1v) is 13.4. The van der Waals surface area contributed by atoms with Gasteiger partial charge in [0, 0.05) is 37.2 Å². The molecule has 1 aliphatic heterocycles. The van der Waals surface area contributed by atoms with Crippen LogP contribution in [0.1, 0.15) is 23.2 Å². The van der Waals surface area contributed by atoms with Crippen LogP contribution in [0.2, 0.25) is 0 Å². The minimum absolute atomic E-state index is 0.0491. The molecule has 39 heavy (non-hydrogen) atoms. The molecule has 8 nitrogen and oxygen atoms in total. The number of nitrogens with zero attached hydrogens (tertiary/aromatic N) is 4. The van der Waals surface area contributed by atoms with Gasteiger partial charge in [0.25, 0.3) is 5.82 Å². The first kappa shape index (κ1) is 26.6. The van der Waals surface area contributed by atoms with E-state index in [-0.39, 0.29) is 11.7 Å². The predicted molar refractivity (Wildman–Crippen MR) is 147 cm³/mol. The number of H-pyrrole nitrogens is 1. The summed E-state index contributed by atoms with van der Waals surface area (Å²) < 4.78 is 26.3. The van der Waals surface area contributed by atoms with Crippen molar-refractivity contribution in [2.75, 3.05) is 44.9 Å². The molecule has 1 aliphatic rings. The molecule has 204 valence electrons. The van der Waals surface area contributed by atoms with Crippen LogP contribution in [-0.4, -0.2) is 60.5 Å². The van der Waals surface area contributed by atoms with Gasteiger partial charge >= 0.3 is 0 Å². The monoisotopic (exact) mass is 532 g/mol. The lowest BCUT2D eigenvalue weighted by molar-refractivity contribution is -0.332. The smallest absolute Gasteiger partial charge is 0.280 e. The fourth-order valence-electron chi connectivity index (χ4n) is 4.92. The van der Waals surface area contributed by atoms with Crippen molar-refractivity contribution in [1.29, 1.82) is 0 Å². The van der Waals surface area contributed by atoms with Gasteiger partial charge < -0.3 is 14.4 Å². The van der Waals surface area contributed by atoms with E-state index in [4.69, 9.17) is 9.47 Å². The zero-order valence-corrected chi connectivity index (χ0v) is 22.5. The Morgan fingerprint density at radius 3 is 2.64 bits per heavy atom. The van der Waals surface area contributed by atoms with Crippen LogP contribution >= 0.6 is 0 Å². The van der Waals surface area contributed by atoms with Crippen LogP contribution < -0.4 is 14.6 Å². The lowest BCUT2D eigenvalue weighted by Gasteiger charge is -2.27. The van der Waals surface area contributed by atoms with Gasteiger partial charge in [-0.15, -0.1) is 0 Å². The maximum atomic E-state index is 13.6. The molecule has 9 heteroatoms. The number of fused-ring (bicyclic) bond motifs is 1. The number of anilines is 1. The highest BCUT2D eigenvalue weighted by molar-refractivity contribution is 5.80. The van der Waals surface area contributed by atoms with Gasteiger partial charge in [-0.05, 0) is 55.3 Å². The summed E-state index contributed by atoms with van der Waals surface area (Å²) in [6, 6.07) is 16.5. The van der Waals surface area contributed by atoms with Gasteiger partial charge in [0.15, 0.2) is 0 Å². The Morgan fingerprint density at radius 1 is 1.13 bits per heavy atom. The van der Waals surface area contributed by atoms with Crippen LogP contribution in [0.3, 0.4) is 0 Å². The second-order valence-corrected chi connectivity index (χ2v) is 9.86. The number of aromatic nitrogens is 3. The highest BCUT2D eigenvalue weighted by Crippen LogP contribution is 2.25. The molecule has 3 heterocycles. The number of rotatable bonds is 10. The van der Waals surface area contributed by atoms with Crippen molar-refractivity contribution in [2.24, 2.45) is 0 Å². The Morgan fingerprint density at radius 2 is 1.92 bits per heavy atom. The minimum Gasteiger partial charge on any atom is -0.497 e. The average Bonchev–Trinajstić information content (AvgIpc) is 3.39. The van der Waals surface area contributed by atoms with Gasteiger partial charge in [0.1, 0.15) is 30.2 Å². The second-order valence-electron chi connectivity index (χ2n) is 9.86. The van der Waals surface area contributed by atoms with Crippen molar-refractivity contribution in [3.63, 3.8) is 0 Å². The fourth-order valence-corrected chi connectivity index (χ4v) is 4.92. The molecule has 1 N–H and O–H groups in total. The third-order valence-electron chi connectivity index (χ3n) is 7.10. The number of aryl methyl sites for hydroxylation is 2. The molecule has 1 saturated heterocycles. The third kappa shape index (κ3) is 6.72. The molecule has 0 atom stereocenters. The highest BCUT2D eigenvalue weighted by atomic mass is 19.1. The first-order chi connectivity index (χ1) is 19.0. The van der Waals surface area contributed by atoms with E-state index in [0.29, 0.717) is 45.7 Å². The van der Waals surface area contributed by atoms with Gasteiger partial charge in [-0.1, -0.05) is 12.1 Å². The number of morpholine rings is 1. The van der Waals surface area contributed by atoms with E-state index in [9.17, 15) is 9.18 Å². The number of ether oxygens (including phenoxy) is 2. The number of carbonyl (C=O) groups excluding carboxylic acids is 1. The lowest BCUT2D eigenvalue weighted by atomic mass is 10.1. The number of halogens is 1. The van der Waals surface area contributed by atoms with Crippen LogP contribution in [0.25, 0.3) is 10.9 Å². The molecular formula is C30H35FN5O3+. The van der Waals surface area contributed by atoms with E-state index in [2.05, 4.69) is 21.0 Å². The average molecular weight is 533 g/mol. The molecule has 0 aliphatic carbocycles. The lowest BCUT2D eigenvalue weighted by Crippen LogP contribution is -2.41. The largest absolute Gasteiger partial charge is 0.497 e. The maximum absolute atomic E-state index is 13.6. The standard InChI is InChI=1S/C30H34FN5O3/c1-22-9-13-36(33-22)14-11-29(37)35(12-10-23-3-6-26(31)7-4-23)21-25-19-24-5-8-27(38-2)20-28(24)32-30(25)34-15-17-39-18-16-34/h3-9,13,19-20H,10-12,14-18,21H2,1-2H3/p+1. The number of pyridine rings is 1. The molecule has 0 saturated carbocycles. The zero-order valence-electron chi connectivity index (χ0n) is 22.5. The van der Waals surface area contributed by atoms with Crippen molar-refractivity contribution in [3.05, 3.63) is 83.4 Å². The number of amides is 1. The Bertz CT molecular complexity index is 1420. The summed E-state index contributed by atoms with van der Waals surface area (Å²) in [6.45, 7) is 6.25. The summed E-state index contributed by atoms with van der Waals surface area (Å²) in [7, 11) is 1.66. The topological polar surface area (TPSA) is 74.0 Å². The maximum Gasteiger partial charge on any atom is 0.280 e. The fraction of sp³-hybridized carbons (Fsp3) is 0.367. The number of nitrogens with one attached hydrogen (secondary N) is 1. The Kier molecular flexibility index (Phi) is 8.36. The second kappa shape index (κ2) is 12.3. The molecule has 0 spiro atoms. The van der Waals surface area contributed by atoms with E-state index in [1.165, 1.54) is 12.1 Å². The summed E-state index contributed by atoms with van der Waals surface area (Å²) in [5.41, 5.74) is 3.92.